The van der Waals surface area contributed by atoms with Crippen LogP contribution < -0.4 is 0 Å². The van der Waals surface area contributed by atoms with Gasteiger partial charge >= 0.3 is 12.1 Å². The number of rotatable bonds is 3. The Morgan fingerprint density at radius 1 is 1.19 bits per heavy atom. The zero-order chi connectivity index (χ0) is 15.5. The average molecular weight is 293 g/mol. The second-order valence-corrected chi connectivity index (χ2v) is 4.23. The van der Waals surface area contributed by atoms with E-state index in [4.69, 9.17) is 0 Å². The summed E-state index contributed by atoms with van der Waals surface area (Å²) in [6.45, 7) is 0. The van der Waals surface area contributed by atoms with Crippen molar-refractivity contribution < 1.29 is 23.1 Å². The average Bonchev–Trinajstić information content (AvgIpc) is 2.45. The summed E-state index contributed by atoms with van der Waals surface area (Å²) in [6, 6.07) is 7.56. The number of carbonyl (C=O) groups is 1. The molecule has 1 aromatic carbocycles. The predicted octanol–water partition coefficient (Wildman–Crippen LogP) is 3.73. The summed E-state index contributed by atoms with van der Waals surface area (Å²) < 4.78 is 37.9. The van der Waals surface area contributed by atoms with Crippen LogP contribution >= 0.6 is 0 Å². The number of pyridine rings is 1. The van der Waals surface area contributed by atoms with Gasteiger partial charge in [-0.2, -0.15) is 13.2 Å². The van der Waals surface area contributed by atoms with Gasteiger partial charge in [0.2, 0.25) is 0 Å². The second kappa shape index (κ2) is 5.78. The van der Waals surface area contributed by atoms with Crippen LogP contribution in [0.1, 0.15) is 16.7 Å². The molecule has 0 bridgehead atoms. The Morgan fingerprint density at radius 2 is 1.95 bits per heavy atom. The number of hydrogen-bond donors (Lipinski definition) is 1. The van der Waals surface area contributed by atoms with E-state index in [2.05, 4.69) is 4.98 Å². The van der Waals surface area contributed by atoms with Crippen molar-refractivity contribution in [2.75, 3.05) is 0 Å². The molecule has 2 rings (SSSR count). The zero-order valence-electron chi connectivity index (χ0n) is 10.6. The van der Waals surface area contributed by atoms with Gasteiger partial charge < -0.3 is 5.11 Å². The molecule has 0 aliphatic carbocycles. The predicted molar refractivity (Wildman–Crippen MR) is 71.2 cm³/mol. The molecule has 0 aliphatic heterocycles. The first-order valence-electron chi connectivity index (χ1n) is 5.90. The molecule has 2 aromatic rings. The van der Waals surface area contributed by atoms with Gasteiger partial charge in [0, 0.05) is 18.0 Å². The fourth-order valence-corrected chi connectivity index (χ4v) is 1.76. The SMILES string of the molecule is O=C(O)/C(=C/c1cccc(C(F)(F)F)c1)c1cccnc1. The third-order valence-corrected chi connectivity index (χ3v) is 2.73. The van der Waals surface area contributed by atoms with Crippen LogP contribution in [-0.2, 0) is 11.0 Å². The third-order valence-electron chi connectivity index (χ3n) is 2.73. The molecule has 0 radical (unpaired) electrons. The summed E-state index contributed by atoms with van der Waals surface area (Å²) in [4.78, 5) is 15.1. The fourth-order valence-electron chi connectivity index (χ4n) is 1.76. The van der Waals surface area contributed by atoms with Crippen molar-refractivity contribution in [1.82, 2.24) is 4.98 Å². The molecular weight excluding hydrogens is 283 g/mol. The highest BCUT2D eigenvalue weighted by atomic mass is 19.4. The zero-order valence-corrected chi connectivity index (χ0v) is 10.6. The van der Waals surface area contributed by atoms with Crippen LogP contribution in [0.2, 0.25) is 0 Å². The molecule has 3 nitrogen and oxygen atoms in total. The molecule has 0 aliphatic rings. The van der Waals surface area contributed by atoms with E-state index in [1.165, 1.54) is 36.7 Å². The van der Waals surface area contributed by atoms with Crippen molar-refractivity contribution >= 4 is 17.6 Å². The van der Waals surface area contributed by atoms with Crippen molar-refractivity contribution in [3.05, 3.63) is 65.5 Å². The highest BCUT2D eigenvalue weighted by Gasteiger charge is 2.30. The number of alkyl halides is 3. The molecule has 0 atom stereocenters. The highest BCUT2D eigenvalue weighted by Crippen LogP contribution is 2.30. The van der Waals surface area contributed by atoms with Crippen LogP contribution in [-0.4, -0.2) is 16.1 Å². The second-order valence-electron chi connectivity index (χ2n) is 4.23. The lowest BCUT2D eigenvalue weighted by Gasteiger charge is -2.07. The Kier molecular flexibility index (Phi) is 4.07. The van der Waals surface area contributed by atoms with Gasteiger partial charge in [-0.3, -0.25) is 4.98 Å². The van der Waals surface area contributed by atoms with Crippen molar-refractivity contribution in [3.8, 4) is 0 Å². The largest absolute Gasteiger partial charge is 0.478 e. The lowest BCUT2D eigenvalue weighted by atomic mass is 10.0. The molecule has 1 heterocycles. The number of benzene rings is 1. The summed E-state index contributed by atoms with van der Waals surface area (Å²) in [5.41, 5.74) is -0.469. The molecule has 0 fully saturated rings. The van der Waals surface area contributed by atoms with Crippen molar-refractivity contribution in [2.24, 2.45) is 0 Å². The maximum Gasteiger partial charge on any atom is 0.416 e. The summed E-state index contributed by atoms with van der Waals surface area (Å²) in [5, 5.41) is 9.20. The number of carboxylic acids is 1. The number of hydrogen-bond acceptors (Lipinski definition) is 2. The summed E-state index contributed by atoms with van der Waals surface area (Å²) in [7, 11) is 0. The van der Waals surface area contributed by atoms with Gasteiger partial charge in [0.25, 0.3) is 0 Å². The topological polar surface area (TPSA) is 50.2 Å². The first-order valence-corrected chi connectivity index (χ1v) is 5.90. The summed E-state index contributed by atoms with van der Waals surface area (Å²) >= 11 is 0. The van der Waals surface area contributed by atoms with Gasteiger partial charge in [-0.15, -0.1) is 0 Å². The van der Waals surface area contributed by atoms with E-state index in [-0.39, 0.29) is 11.1 Å². The first kappa shape index (κ1) is 14.8. The minimum absolute atomic E-state index is 0.123. The lowest BCUT2D eigenvalue weighted by molar-refractivity contribution is -0.137. The minimum Gasteiger partial charge on any atom is -0.478 e. The van der Waals surface area contributed by atoms with E-state index in [0.717, 1.165) is 12.1 Å². The smallest absolute Gasteiger partial charge is 0.416 e. The van der Waals surface area contributed by atoms with E-state index in [9.17, 15) is 23.1 Å². The van der Waals surface area contributed by atoms with Gasteiger partial charge in [0.05, 0.1) is 11.1 Å². The molecule has 0 amide bonds. The van der Waals surface area contributed by atoms with Crippen molar-refractivity contribution in [2.45, 2.75) is 6.18 Å². The number of aliphatic carboxylic acids is 1. The Hall–Kier alpha value is -2.63. The Bertz CT molecular complexity index is 679. The van der Waals surface area contributed by atoms with E-state index in [0.29, 0.717) is 5.56 Å². The summed E-state index contributed by atoms with van der Waals surface area (Å²) in [5.74, 6) is -1.24. The Balaban J connectivity index is 2.47. The van der Waals surface area contributed by atoms with Crippen LogP contribution in [0.15, 0.2) is 48.8 Å². The third kappa shape index (κ3) is 3.68. The lowest BCUT2D eigenvalue weighted by Crippen LogP contribution is -2.05. The molecule has 0 saturated heterocycles. The maximum absolute atomic E-state index is 12.6. The molecule has 1 aromatic heterocycles. The number of aromatic nitrogens is 1. The molecule has 0 unspecified atom stereocenters. The Labute approximate surface area is 118 Å². The fraction of sp³-hybridized carbons (Fsp3) is 0.0667. The molecular formula is C15H10F3NO2. The maximum atomic E-state index is 12.6. The number of nitrogens with zero attached hydrogens (tertiary/aromatic N) is 1. The molecule has 0 spiro atoms. The quantitative estimate of drug-likeness (QED) is 0.877. The van der Waals surface area contributed by atoms with Gasteiger partial charge in [-0.05, 0) is 29.8 Å². The van der Waals surface area contributed by atoms with Crippen LogP contribution in [0.4, 0.5) is 13.2 Å². The van der Waals surface area contributed by atoms with E-state index in [1.54, 1.807) is 6.07 Å². The molecule has 6 heteroatoms. The van der Waals surface area contributed by atoms with Gasteiger partial charge in [-0.1, -0.05) is 18.2 Å². The Morgan fingerprint density at radius 3 is 2.52 bits per heavy atom. The van der Waals surface area contributed by atoms with Crippen LogP contribution in [0.5, 0.6) is 0 Å². The number of halogens is 3. The normalized spacial score (nSPS) is 12.2. The van der Waals surface area contributed by atoms with E-state index < -0.39 is 17.7 Å². The first-order chi connectivity index (χ1) is 9.88. The highest BCUT2D eigenvalue weighted by molar-refractivity contribution is 6.20. The molecule has 21 heavy (non-hydrogen) atoms. The van der Waals surface area contributed by atoms with Crippen LogP contribution in [0.25, 0.3) is 11.6 Å². The van der Waals surface area contributed by atoms with E-state index in [1.807, 2.05) is 0 Å². The number of carboxylic acid groups (broad SMARTS) is 1. The standard InChI is InChI=1S/C15H10F3NO2/c16-15(17,18)12-5-1-3-10(7-12)8-13(14(20)21)11-4-2-6-19-9-11/h1-9H,(H,20,21)/b13-8+. The van der Waals surface area contributed by atoms with Crippen LogP contribution in [0.3, 0.4) is 0 Å². The molecule has 0 saturated carbocycles. The molecule has 108 valence electrons. The van der Waals surface area contributed by atoms with Gasteiger partial charge in [0.15, 0.2) is 0 Å². The van der Waals surface area contributed by atoms with E-state index >= 15 is 0 Å². The van der Waals surface area contributed by atoms with Gasteiger partial charge in [0.1, 0.15) is 0 Å². The minimum atomic E-state index is -4.47. The molecule has 1 N–H and O–H groups in total. The monoisotopic (exact) mass is 293 g/mol. The van der Waals surface area contributed by atoms with Crippen LogP contribution in [0, 0.1) is 0 Å². The van der Waals surface area contributed by atoms with Gasteiger partial charge in [-0.25, -0.2) is 4.79 Å². The van der Waals surface area contributed by atoms with Crippen molar-refractivity contribution in [1.29, 1.82) is 0 Å². The summed E-state index contributed by atoms with van der Waals surface area (Å²) in [6.07, 6.45) is -0.461. The van der Waals surface area contributed by atoms with Crippen molar-refractivity contribution in [3.63, 3.8) is 0 Å².